The highest BCUT2D eigenvalue weighted by molar-refractivity contribution is 6.30. The number of nitrogens with two attached hydrogens (primary N) is 1. The lowest BCUT2D eigenvalue weighted by molar-refractivity contribution is 0.352. The second-order valence-corrected chi connectivity index (χ2v) is 5.10. The Balaban J connectivity index is 1.93. The standard InChI is InChI=1S/C14H16ClN3O/c15-12-7-10-2-6-19-14(10)11(8-12)9-18-5-4-17-13(18)1-3-16/h4-5,7-8H,1-3,6,9,16H2. The topological polar surface area (TPSA) is 53.1 Å². The van der Waals surface area contributed by atoms with Gasteiger partial charge in [-0.1, -0.05) is 11.6 Å². The molecule has 0 aliphatic carbocycles. The summed E-state index contributed by atoms with van der Waals surface area (Å²) in [6.45, 7) is 2.06. The Kier molecular flexibility index (Phi) is 3.44. The first kappa shape index (κ1) is 12.5. The molecule has 0 spiro atoms. The van der Waals surface area contributed by atoms with Gasteiger partial charge < -0.3 is 15.0 Å². The van der Waals surface area contributed by atoms with Gasteiger partial charge >= 0.3 is 0 Å². The van der Waals surface area contributed by atoms with Crippen LogP contribution >= 0.6 is 11.6 Å². The number of imidazole rings is 1. The molecule has 5 heteroatoms. The lowest BCUT2D eigenvalue weighted by Gasteiger charge is -2.11. The van der Waals surface area contributed by atoms with Crippen LogP contribution in [0.1, 0.15) is 17.0 Å². The molecule has 2 aromatic rings. The second kappa shape index (κ2) is 5.23. The molecule has 0 radical (unpaired) electrons. The first-order chi connectivity index (χ1) is 9.28. The van der Waals surface area contributed by atoms with E-state index >= 15 is 0 Å². The lowest BCUT2D eigenvalue weighted by atomic mass is 10.1. The Morgan fingerprint density at radius 2 is 2.32 bits per heavy atom. The van der Waals surface area contributed by atoms with E-state index < -0.39 is 0 Å². The highest BCUT2D eigenvalue weighted by atomic mass is 35.5. The average molecular weight is 278 g/mol. The molecule has 19 heavy (non-hydrogen) atoms. The molecule has 0 saturated heterocycles. The van der Waals surface area contributed by atoms with Gasteiger partial charge in [-0.2, -0.15) is 0 Å². The van der Waals surface area contributed by atoms with E-state index in [1.165, 1.54) is 5.56 Å². The molecule has 0 amide bonds. The van der Waals surface area contributed by atoms with Crippen LogP contribution in [0.3, 0.4) is 0 Å². The van der Waals surface area contributed by atoms with Crippen molar-refractivity contribution in [2.24, 2.45) is 5.73 Å². The minimum atomic E-state index is 0.598. The van der Waals surface area contributed by atoms with Crippen molar-refractivity contribution in [2.75, 3.05) is 13.2 Å². The normalized spacial score (nSPS) is 13.4. The summed E-state index contributed by atoms with van der Waals surface area (Å²) in [5.74, 6) is 1.98. The molecule has 1 aromatic carbocycles. The maximum Gasteiger partial charge on any atom is 0.127 e. The van der Waals surface area contributed by atoms with Gasteiger partial charge in [-0.05, 0) is 24.2 Å². The van der Waals surface area contributed by atoms with Gasteiger partial charge in [0.1, 0.15) is 11.6 Å². The van der Waals surface area contributed by atoms with Crippen LogP contribution in [-0.4, -0.2) is 22.7 Å². The summed E-state index contributed by atoms with van der Waals surface area (Å²) in [6, 6.07) is 3.96. The fourth-order valence-electron chi connectivity index (χ4n) is 2.49. The van der Waals surface area contributed by atoms with E-state index in [4.69, 9.17) is 22.1 Å². The Morgan fingerprint density at radius 1 is 1.42 bits per heavy atom. The van der Waals surface area contributed by atoms with Crippen molar-refractivity contribution in [2.45, 2.75) is 19.4 Å². The molecule has 1 aliphatic heterocycles. The highest BCUT2D eigenvalue weighted by Gasteiger charge is 2.18. The molecule has 0 bridgehead atoms. The monoisotopic (exact) mass is 277 g/mol. The van der Waals surface area contributed by atoms with Gasteiger partial charge in [-0.25, -0.2) is 4.98 Å². The second-order valence-electron chi connectivity index (χ2n) is 4.66. The van der Waals surface area contributed by atoms with Gasteiger partial charge in [0.15, 0.2) is 0 Å². The lowest BCUT2D eigenvalue weighted by Crippen LogP contribution is -2.11. The number of nitrogens with zero attached hydrogens (tertiary/aromatic N) is 2. The summed E-state index contributed by atoms with van der Waals surface area (Å²) in [6.07, 6.45) is 5.48. The molecular weight excluding hydrogens is 262 g/mol. The van der Waals surface area contributed by atoms with E-state index in [1.807, 2.05) is 18.3 Å². The Hall–Kier alpha value is -1.52. The number of hydrogen-bond donors (Lipinski definition) is 1. The quantitative estimate of drug-likeness (QED) is 0.930. The van der Waals surface area contributed by atoms with Crippen LogP contribution in [0.15, 0.2) is 24.5 Å². The third kappa shape index (κ3) is 2.46. The van der Waals surface area contributed by atoms with Crippen LogP contribution in [0.2, 0.25) is 5.02 Å². The SMILES string of the molecule is NCCc1nccn1Cc1cc(Cl)cc2c1OCC2. The smallest absolute Gasteiger partial charge is 0.127 e. The summed E-state index contributed by atoms with van der Waals surface area (Å²) >= 11 is 6.17. The maximum absolute atomic E-state index is 6.17. The summed E-state index contributed by atoms with van der Waals surface area (Å²) in [4.78, 5) is 4.33. The third-order valence-electron chi connectivity index (χ3n) is 3.34. The zero-order valence-electron chi connectivity index (χ0n) is 10.6. The molecule has 4 nitrogen and oxygen atoms in total. The molecule has 0 atom stereocenters. The molecule has 2 heterocycles. The maximum atomic E-state index is 6.17. The van der Waals surface area contributed by atoms with Crippen molar-refractivity contribution >= 4 is 11.6 Å². The van der Waals surface area contributed by atoms with Crippen LogP contribution < -0.4 is 10.5 Å². The van der Waals surface area contributed by atoms with Crippen LogP contribution in [0.25, 0.3) is 0 Å². The summed E-state index contributed by atoms with van der Waals surface area (Å²) < 4.78 is 7.81. The van der Waals surface area contributed by atoms with Crippen molar-refractivity contribution < 1.29 is 4.74 Å². The summed E-state index contributed by atoms with van der Waals surface area (Å²) in [5, 5.41) is 0.764. The Morgan fingerprint density at radius 3 is 3.16 bits per heavy atom. The summed E-state index contributed by atoms with van der Waals surface area (Å²) in [5.41, 5.74) is 7.90. The fraction of sp³-hybridized carbons (Fsp3) is 0.357. The van der Waals surface area contributed by atoms with Crippen LogP contribution in [0.5, 0.6) is 5.75 Å². The largest absolute Gasteiger partial charge is 0.493 e. The number of rotatable bonds is 4. The highest BCUT2D eigenvalue weighted by Crippen LogP contribution is 2.33. The van der Waals surface area contributed by atoms with Gasteiger partial charge in [0.25, 0.3) is 0 Å². The van der Waals surface area contributed by atoms with Crippen molar-refractivity contribution in [1.29, 1.82) is 0 Å². The predicted octanol–water partition coefficient (Wildman–Crippen LogP) is 2.02. The Bertz CT molecular complexity index is 594. The van der Waals surface area contributed by atoms with Gasteiger partial charge in [-0.3, -0.25) is 0 Å². The average Bonchev–Trinajstić information content (AvgIpc) is 2.99. The molecule has 100 valence electrons. The molecule has 2 N–H and O–H groups in total. The van der Waals surface area contributed by atoms with E-state index in [2.05, 4.69) is 9.55 Å². The van der Waals surface area contributed by atoms with Crippen LogP contribution in [0.4, 0.5) is 0 Å². The molecule has 1 aliphatic rings. The number of aromatic nitrogens is 2. The van der Waals surface area contributed by atoms with Gasteiger partial charge in [0, 0.05) is 35.8 Å². The van der Waals surface area contributed by atoms with E-state index in [1.54, 1.807) is 6.20 Å². The molecule has 3 rings (SSSR count). The van der Waals surface area contributed by atoms with Crippen molar-refractivity contribution in [3.8, 4) is 5.75 Å². The molecule has 0 saturated carbocycles. The van der Waals surface area contributed by atoms with Gasteiger partial charge in [0.05, 0.1) is 13.2 Å². The number of benzene rings is 1. The zero-order valence-corrected chi connectivity index (χ0v) is 11.4. The van der Waals surface area contributed by atoms with E-state index in [-0.39, 0.29) is 0 Å². The summed E-state index contributed by atoms with van der Waals surface area (Å²) in [7, 11) is 0. The fourth-order valence-corrected chi connectivity index (χ4v) is 2.75. The predicted molar refractivity (Wildman–Crippen MR) is 74.7 cm³/mol. The molecular formula is C14H16ClN3O. The van der Waals surface area contributed by atoms with E-state index in [9.17, 15) is 0 Å². The van der Waals surface area contributed by atoms with Crippen LogP contribution in [-0.2, 0) is 19.4 Å². The number of ether oxygens (including phenoxy) is 1. The number of fused-ring (bicyclic) bond motifs is 1. The molecule has 0 fully saturated rings. The van der Waals surface area contributed by atoms with Crippen molar-refractivity contribution in [1.82, 2.24) is 9.55 Å². The molecule has 0 unspecified atom stereocenters. The third-order valence-corrected chi connectivity index (χ3v) is 3.55. The number of halogens is 1. The van der Waals surface area contributed by atoms with Crippen molar-refractivity contribution in [3.63, 3.8) is 0 Å². The minimum Gasteiger partial charge on any atom is -0.493 e. The minimum absolute atomic E-state index is 0.598. The van der Waals surface area contributed by atoms with E-state index in [0.717, 1.165) is 48.2 Å². The Labute approximate surface area is 117 Å². The zero-order chi connectivity index (χ0) is 13.2. The van der Waals surface area contributed by atoms with E-state index in [0.29, 0.717) is 6.54 Å². The number of hydrogen-bond acceptors (Lipinski definition) is 3. The first-order valence-corrected chi connectivity index (χ1v) is 6.80. The molecule has 1 aromatic heterocycles. The van der Waals surface area contributed by atoms with Crippen LogP contribution in [0, 0.1) is 0 Å². The first-order valence-electron chi connectivity index (χ1n) is 6.42. The van der Waals surface area contributed by atoms with Gasteiger partial charge in [-0.15, -0.1) is 0 Å². The van der Waals surface area contributed by atoms with Gasteiger partial charge in [0.2, 0.25) is 0 Å². The van der Waals surface area contributed by atoms with Crippen molar-refractivity contribution in [3.05, 3.63) is 46.5 Å².